The minimum absolute atomic E-state index is 0.198. The van der Waals surface area contributed by atoms with E-state index in [0.29, 0.717) is 0 Å². The number of hydrogen-bond acceptors (Lipinski definition) is 2. The number of alkyl halides is 3. The van der Waals surface area contributed by atoms with Crippen molar-refractivity contribution in [1.82, 2.24) is 10.2 Å². The van der Waals surface area contributed by atoms with E-state index in [1.807, 2.05) is 0 Å². The van der Waals surface area contributed by atoms with Gasteiger partial charge in [-0.1, -0.05) is 11.8 Å². The second kappa shape index (κ2) is 4.26. The number of rotatable bonds is 1. The highest BCUT2D eigenvalue weighted by Crippen LogP contribution is 2.30. The van der Waals surface area contributed by atoms with Gasteiger partial charge in [0, 0.05) is 5.69 Å². The van der Waals surface area contributed by atoms with Crippen LogP contribution in [0.1, 0.15) is 23.4 Å². The average Bonchev–Trinajstić information content (AvgIpc) is 2.46. The molecule has 3 N–H and O–H groups in total. The molecule has 0 unspecified atom stereocenters. The molecule has 0 aromatic carbocycles. The highest BCUT2D eigenvalue weighted by atomic mass is 19.4. The number of primary amides is 1. The predicted molar refractivity (Wildman–Crippen MR) is 49.0 cm³/mol. The van der Waals surface area contributed by atoms with Gasteiger partial charge in [0.15, 0.2) is 5.69 Å². The first-order valence-electron chi connectivity index (χ1n) is 4.21. The van der Waals surface area contributed by atoms with Crippen LogP contribution in [0, 0.1) is 18.8 Å². The maximum Gasteiger partial charge on any atom is 0.436 e. The minimum Gasteiger partial charge on any atom is -0.369 e. The van der Waals surface area contributed by atoms with Gasteiger partial charge in [-0.15, -0.1) is 0 Å². The van der Waals surface area contributed by atoms with Crippen LogP contribution in [0.25, 0.3) is 0 Å². The Bertz CT molecular complexity index is 465. The van der Waals surface area contributed by atoms with Gasteiger partial charge < -0.3 is 5.73 Å². The second-order valence-corrected chi connectivity index (χ2v) is 3.01. The Morgan fingerprint density at radius 2 is 2.19 bits per heavy atom. The molecule has 0 saturated heterocycles. The normalized spacial score (nSPS) is 10.8. The molecule has 16 heavy (non-hydrogen) atoms. The summed E-state index contributed by atoms with van der Waals surface area (Å²) in [7, 11) is 0. The topological polar surface area (TPSA) is 71.8 Å². The molecule has 7 heteroatoms. The molecule has 0 aliphatic rings. The fourth-order valence-electron chi connectivity index (χ4n) is 1.01. The summed E-state index contributed by atoms with van der Waals surface area (Å²) in [6.45, 7) is 1.41. The fourth-order valence-corrected chi connectivity index (χ4v) is 1.01. The third-order valence-corrected chi connectivity index (χ3v) is 1.69. The van der Waals surface area contributed by atoms with Gasteiger partial charge in [-0.05, 0) is 6.92 Å². The molecular weight excluding hydrogens is 223 g/mol. The molecule has 1 rings (SSSR count). The first kappa shape index (κ1) is 12.1. The monoisotopic (exact) mass is 231 g/mol. The number of aromatic nitrogens is 2. The molecular formula is C9H8F3N3O. The first-order valence-corrected chi connectivity index (χ1v) is 4.21. The summed E-state index contributed by atoms with van der Waals surface area (Å²) in [5.41, 5.74) is 3.67. The van der Waals surface area contributed by atoms with Crippen LogP contribution in [0.4, 0.5) is 13.2 Å². The summed E-state index contributed by atoms with van der Waals surface area (Å²) in [4.78, 5) is 10.4. The Hall–Kier alpha value is -1.97. The number of carbonyl (C=O) groups is 1. The van der Waals surface area contributed by atoms with Crippen LogP contribution in [-0.2, 0) is 11.0 Å². The van der Waals surface area contributed by atoms with E-state index in [1.165, 1.54) is 6.92 Å². The summed E-state index contributed by atoms with van der Waals surface area (Å²) < 4.78 is 37.2. The molecule has 0 aliphatic carbocycles. The Morgan fingerprint density at radius 1 is 1.56 bits per heavy atom. The molecule has 0 bridgehead atoms. The van der Waals surface area contributed by atoms with Crippen LogP contribution < -0.4 is 5.73 Å². The molecule has 1 amide bonds. The summed E-state index contributed by atoms with van der Waals surface area (Å²) in [6.07, 6.45) is -4.86. The zero-order valence-electron chi connectivity index (χ0n) is 8.27. The van der Waals surface area contributed by atoms with Crippen molar-refractivity contribution in [2.75, 3.05) is 0 Å². The van der Waals surface area contributed by atoms with Crippen molar-refractivity contribution < 1.29 is 18.0 Å². The predicted octanol–water partition coefficient (Wildman–Crippen LogP) is 0.964. The van der Waals surface area contributed by atoms with Crippen molar-refractivity contribution >= 4 is 5.91 Å². The zero-order valence-corrected chi connectivity index (χ0v) is 8.27. The molecule has 0 atom stereocenters. The quantitative estimate of drug-likeness (QED) is 0.707. The van der Waals surface area contributed by atoms with Crippen molar-refractivity contribution in [1.29, 1.82) is 0 Å². The van der Waals surface area contributed by atoms with Crippen molar-refractivity contribution in [3.05, 3.63) is 17.0 Å². The molecule has 0 aliphatic heterocycles. The number of H-pyrrole nitrogens is 1. The standard InChI is InChI=1S/C9H8F3N3O/c1-5-6(3-2-4-7(13)16)8(15-14-5)9(10,11)12/h4H2,1H3,(H2,13,16)(H,14,15). The summed E-state index contributed by atoms with van der Waals surface area (Å²) >= 11 is 0. The Morgan fingerprint density at radius 3 is 2.69 bits per heavy atom. The number of aromatic amines is 1. The summed E-state index contributed by atoms with van der Waals surface area (Å²) in [6, 6.07) is 0. The number of amides is 1. The van der Waals surface area contributed by atoms with Gasteiger partial charge in [0.2, 0.25) is 5.91 Å². The van der Waals surface area contributed by atoms with Gasteiger partial charge in [-0.2, -0.15) is 18.3 Å². The maximum absolute atomic E-state index is 12.4. The van der Waals surface area contributed by atoms with E-state index >= 15 is 0 Å². The van der Waals surface area contributed by atoms with Crippen molar-refractivity contribution in [2.24, 2.45) is 5.73 Å². The number of hydrogen-bond donors (Lipinski definition) is 2. The fraction of sp³-hybridized carbons (Fsp3) is 0.333. The summed E-state index contributed by atoms with van der Waals surface area (Å²) in [5.74, 6) is 3.80. The lowest BCUT2D eigenvalue weighted by molar-refractivity contribution is -0.141. The molecule has 0 saturated carbocycles. The lowest BCUT2D eigenvalue weighted by atomic mass is 10.2. The van der Waals surface area contributed by atoms with Crippen LogP contribution in [0.5, 0.6) is 0 Å². The van der Waals surface area contributed by atoms with Gasteiger partial charge in [0.05, 0.1) is 12.0 Å². The number of carbonyl (C=O) groups excluding carboxylic acids is 1. The smallest absolute Gasteiger partial charge is 0.369 e. The molecule has 1 heterocycles. The van der Waals surface area contributed by atoms with E-state index < -0.39 is 17.8 Å². The number of nitrogens with zero attached hydrogens (tertiary/aromatic N) is 1. The van der Waals surface area contributed by atoms with Gasteiger partial charge in [0.25, 0.3) is 0 Å². The van der Waals surface area contributed by atoms with Crippen LogP contribution in [0.3, 0.4) is 0 Å². The number of nitrogens with two attached hydrogens (primary N) is 1. The largest absolute Gasteiger partial charge is 0.436 e. The van der Waals surface area contributed by atoms with Gasteiger partial charge in [-0.3, -0.25) is 9.89 Å². The zero-order chi connectivity index (χ0) is 12.3. The van der Waals surface area contributed by atoms with Crippen LogP contribution in [-0.4, -0.2) is 16.1 Å². The Kier molecular flexibility index (Phi) is 3.22. The van der Waals surface area contributed by atoms with E-state index in [9.17, 15) is 18.0 Å². The van der Waals surface area contributed by atoms with E-state index in [0.717, 1.165) is 0 Å². The maximum atomic E-state index is 12.4. The van der Waals surface area contributed by atoms with Crippen molar-refractivity contribution in [3.63, 3.8) is 0 Å². The molecule has 86 valence electrons. The molecule has 0 spiro atoms. The van der Waals surface area contributed by atoms with Gasteiger partial charge in [0.1, 0.15) is 0 Å². The highest BCUT2D eigenvalue weighted by molar-refractivity contribution is 5.76. The highest BCUT2D eigenvalue weighted by Gasteiger charge is 2.37. The van der Waals surface area contributed by atoms with Crippen LogP contribution >= 0.6 is 0 Å². The first-order chi connectivity index (χ1) is 7.32. The third-order valence-electron chi connectivity index (χ3n) is 1.69. The third kappa shape index (κ3) is 2.76. The van der Waals surface area contributed by atoms with Crippen LogP contribution in [0.2, 0.25) is 0 Å². The molecule has 1 aromatic rings. The number of halogens is 3. The van der Waals surface area contributed by atoms with E-state index in [2.05, 4.69) is 22.0 Å². The van der Waals surface area contributed by atoms with Gasteiger partial charge >= 0.3 is 6.18 Å². The van der Waals surface area contributed by atoms with E-state index in [1.54, 1.807) is 0 Å². The lowest BCUT2D eigenvalue weighted by Crippen LogP contribution is -2.09. The SMILES string of the molecule is Cc1[nH]nc(C(F)(F)F)c1C#CCC(N)=O. The average molecular weight is 231 g/mol. The van der Waals surface area contributed by atoms with E-state index in [-0.39, 0.29) is 17.7 Å². The van der Waals surface area contributed by atoms with Crippen molar-refractivity contribution in [3.8, 4) is 11.8 Å². The Balaban J connectivity index is 3.07. The number of nitrogens with one attached hydrogen (secondary N) is 1. The Labute approximate surface area is 89.0 Å². The summed E-state index contributed by atoms with van der Waals surface area (Å²) in [5, 5.41) is 5.31. The van der Waals surface area contributed by atoms with Crippen LogP contribution in [0.15, 0.2) is 0 Å². The minimum atomic E-state index is -4.57. The lowest BCUT2D eigenvalue weighted by Gasteiger charge is -2.01. The van der Waals surface area contributed by atoms with Crippen molar-refractivity contribution in [2.45, 2.75) is 19.5 Å². The second-order valence-electron chi connectivity index (χ2n) is 3.01. The number of aryl methyl sites for hydroxylation is 1. The molecule has 4 nitrogen and oxygen atoms in total. The molecule has 0 fully saturated rings. The van der Waals surface area contributed by atoms with Gasteiger partial charge in [-0.25, -0.2) is 0 Å². The molecule has 0 radical (unpaired) electrons. The molecule has 1 aromatic heterocycles. The van der Waals surface area contributed by atoms with E-state index in [4.69, 9.17) is 5.73 Å².